The summed E-state index contributed by atoms with van der Waals surface area (Å²) in [6, 6.07) is 12.9. The van der Waals surface area contributed by atoms with E-state index in [2.05, 4.69) is 26.8 Å². The lowest BCUT2D eigenvalue weighted by atomic mass is 9.87. The van der Waals surface area contributed by atoms with Crippen molar-refractivity contribution in [2.24, 2.45) is 0 Å². The van der Waals surface area contributed by atoms with E-state index in [-0.39, 0.29) is 5.41 Å². The molecule has 0 N–H and O–H groups in total. The van der Waals surface area contributed by atoms with Gasteiger partial charge in [0.1, 0.15) is 11.5 Å². The molecule has 0 bridgehead atoms. The minimum atomic E-state index is 0.0485. The second kappa shape index (κ2) is 5.68. The lowest BCUT2D eigenvalue weighted by Gasteiger charge is -2.20. The van der Waals surface area contributed by atoms with Crippen LogP contribution >= 0.6 is 11.6 Å². The average Bonchev–Trinajstić information content (AvgIpc) is 2.40. The van der Waals surface area contributed by atoms with Crippen molar-refractivity contribution in [3.63, 3.8) is 0 Å². The summed E-state index contributed by atoms with van der Waals surface area (Å²) in [5.41, 5.74) is 1.67. The molecule has 20 heavy (non-hydrogen) atoms. The first-order chi connectivity index (χ1) is 9.40. The van der Waals surface area contributed by atoms with Gasteiger partial charge in [0.15, 0.2) is 6.29 Å². The zero-order valence-electron chi connectivity index (χ0n) is 11.8. The van der Waals surface area contributed by atoms with Crippen molar-refractivity contribution in [2.75, 3.05) is 0 Å². The van der Waals surface area contributed by atoms with Gasteiger partial charge in [-0.25, -0.2) is 0 Å². The minimum Gasteiger partial charge on any atom is -0.457 e. The van der Waals surface area contributed by atoms with Crippen LogP contribution < -0.4 is 4.74 Å². The van der Waals surface area contributed by atoms with Gasteiger partial charge in [-0.15, -0.1) is 0 Å². The molecule has 2 aromatic rings. The van der Waals surface area contributed by atoms with Gasteiger partial charge in [-0.2, -0.15) is 0 Å². The first-order valence-electron chi connectivity index (χ1n) is 6.43. The molecule has 2 rings (SSSR count). The van der Waals surface area contributed by atoms with Gasteiger partial charge in [-0.3, -0.25) is 4.79 Å². The van der Waals surface area contributed by atoms with Crippen molar-refractivity contribution in [1.29, 1.82) is 0 Å². The van der Waals surface area contributed by atoms with E-state index >= 15 is 0 Å². The molecule has 0 saturated heterocycles. The Hall–Kier alpha value is -1.80. The molecule has 0 radical (unpaired) electrons. The van der Waals surface area contributed by atoms with Crippen LogP contribution in [0.5, 0.6) is 11.5 Å². The fraction of sp³-hybridized carbons (Fsp3) is 0.235. The Morgan fingerprint density at radius 2 is 1.85 bits per heavy atom. The summed E-state index contributed by atoms with van der Waals surface area (Å²) in [5.74, 6) is 1.22. The van der Waals surface area contributed by atoms with Gasteiger partial charge in [0.2, 0.25) is 0 Å². The Kier molecular flexibility index (Phi) is 4.15. The van der Waals surface area contributed by atoms with Crippen molar-refractivity contribution in [1.82, 2.24) is 0 Å². The quantitative estimate of drug-likeness (QED) is 0.722. The minimum absolute atomic E-state index is 0.0485. The Balaban J connectivity index is 2.33. The third-order valence-electron chi connectivity index (χ3n) is 3.03. The number of hydrogen-bond acceptors (Lipinski definition) is 2. The molecule has 0 heterocycles. The maximum Gasteiger partial charge on any atom is 0.153 e. The van der Waals surface area contributed by atoms with Gasteiger partial charge in [0.05, 0.1) is 5.56 Å². The van der Waals surface area contributed by atoms with Gasteiger partial charge < -0.3 is 4.74 Å². The number of carbonyl (C=O) groups is 1. The summed E-state index contributed by atoms with van der Waals surface area (Å²) >= 11 is 5.87. The summed E-state index contributed by atoms with van der Waals surface area (Å²) in [4.78, 5) is 11.1. The fourth-order valence-corrected chi connectivity index (χ4v) is 2.04. The van der Waals surface area contributed by atoms with Gasteiger partial charge in [0.25, 0.3) is 0 Å². The van der Waals surface area contributed by atoms with Gasteiger partial charge in [-0.1, -0.05) is 44.5 Å². The third kappa shape index (κ3) is 3.40. The van der Waals surface area contributed by atoms with Crippen molar-refractivity contribution in [2.45, 2.75) is 26.2 Å². The fourth-order valence-electron chi connectivity index (χ4n) is 1.86. The molecular formula is C17H17ClO2. The smallest absolute Gasteiger partial charge is 0.153 e. The lowest BCUT2D eigenvalue weighted by molar-refractivity contribution is 0.112. The van der Waals surface area contributed by atoms with Crippen LogP contribution in [0.3, 0.4) is 0 Å². The largest absolute Gasteiger partial charge is 0.457 e. The molecule has 104 valence electrons. The van der Waals surface area contributed by atoms with Crippen LogP contribution in [0.25, 0.3) is 0 Å². The van der Waals surface area contributed by atoms with Crippen LogP contribution in [0.1, 0.15) is 36.7 Å². The summed E-state index contributed by atoms with van der Waals surface area (Å²) < 4.78 is 5.80. The standard InChI is InChI=1S/C17H17ClO2/c1-17(2,3)13-5-4-6-15(10-13)20-16-8-7-14(18)9-12(16)11-19/h4-11H,1-3H3. The summed E-state index contributed by atoms with van der Waals surface area (Å²) in [7, 11) is 0. The molecule has 2 aromatic carbocycles. The molecule has 0 aliphatic rings. The number of benzene rings is 2. The highest BCUT2D eigenvalue weighted by molar-refractivity contribution is 6.30. The normalized spacial score (nSPS) is 11.2. The van der Waals surface area contributed by atoms with E-state index in [9.17, 15) is 4.79 Å². The highest BCUT2D eigenvalue weighted by atomic mass is 35.5. The summed E-state index contributed by atoms with van der Waals surface area (Å²) in [6.45, 7) is 6.43. The third-order valence-corrected chi connectivity index (χ3v) is 3.26. The zero-order valence-corrected chi connectivity index (χ0v) is 12.6. The van der Waals surface area contributed by atoms with Gasteiger partial charge in [0, 0.05) is 5.02 Å². The second-order valence-corrected chi connectivity index (χ2v) is 6.12. The number of hydrogen-bond donors (Lipinski definition) is 0. The Labute approximate surface area is 124 Å². The Bertz CT molecular complexity index is 627. The molecule has 0 aliphatic heterocycles. The lowest BCUT2D eigenvalue weighted by Crippen LogP contribution is -2.10. The molecule has 0 fully saturated rings. The number of rotatable bonds is 3. The van der Waals surface area contributed by atoms with Crippen LogP contribution in [0.15, 0.2) is 42.5 Å². The zero-order chi connectivity index (χ0) is 14.8. The van der Waals surface area contributed by atoms with E-state index < -0.39 is 0 Å². The molecule has 0 saturated carbocycles. The predicted octanol–water partition coefficient (Wildman–Crippen LogP) is 5.24. The SMILES string of the molecule is CC(C)(C)c1cccc(Oc2ccc(Cl)cc2C=O)c1. The topological polar surface area (TPSA) is 26.3 Å². The van der Waals surface area contributed by atoms with Crippen molar-refractivity contribution in [3.05, 3.63) is 58.6 Å². The highest BCUT2D eigenvalue weighted by Gasteiger charge is 2.14. The van der Waals surface area contributed by atoms with Crippen LogP contribution in [0.2, 0.25) is 5.02 Å². The molecule has 0 aromatic heterocycles. The van der Waals surface area contributed by atoms with Crippen LogP contribution in [0.4, 0.5) is 0 Å². The summed E-state index contributed by atoms with van der Waals surface area (Å²) in [6.07, 6.45) is 0.745. The first kappa shape index (κ1) is 14.6. The summed E-state index contributed by atoms with van der Waals surface area (Å²) in [5, 5.41) is 0.517. The molecular weight excluding hydrogens is 272 g/mol. The van der Waals surface area contributed by atoms with E-state index in [1.54, 1.807) is 18.2 Å². The average molecular weight is 289 g/mol. The first-order valence-corrected chi connectivity index (χ1v) is 6.81. The van der Waals surface area contributed by atoms with Crippen LogP contribution in [-0.4, -0.2) is 6.29 Å². The van der Waals surface area contributed by atoms with Crippen molar-refractivity contribution < 1.29 is 9.53 Å². The van der Waals surface area contributed by atoms with Gasteiger partial charge >= 0.3 is 0 Å². The van der Waals surface area contributed by atoms with Crippen LogP contribution in [0, 0.1) is 0 Å². The van der Waals surface area contributed by atoms with Crippen LogP contribution in [-0.2, 0) is 5.41 Å². The maximum atomic E-state index is 11.1. The second-order valence-electron chi connectivity index (χ2n) is 5.68. The van der Waals surface area contributed by atoms with E-state index in [1.165, 1.54) is 5.56 Å². The van der Waals surface area contributed by atoms with E-state index in [1.807, 2.05) is 18.2 Å². The molecule has 0 atom stereocenters. The number of ether oxygens (including phenoxy) is 1. The highest BCUT2D eigenvalue weighted by Crippen LogP contribution is 2.30. The molecule has 0 spiro atoms. The number of carbonyl (C=O) groups excluding carboxylic acids is 1. The van der Waals surface area contributed by atoms with Crippen molar-refractivity contribution >= 4 is 17.9 Å². The number of halogens is 1. The molecule has 0 unspecified atom stereocenters. The molecule has 0 amide bonds. The van der Waals surface area contributed by atoms with Crippen molar-refractivity contribution in [3.8, 4) is 11.5 Å². The number of aldehydes is 1. The van der Waals surface area contributed by atoms with E-state index in [0.29, 0.717) is 22.1 Å². The molecule has 2 nitrogen and oxygen atoms in total. The Morgan fingerprint density at radius 3 is 2.50 bits per heavy atom. The van der Waals surface area contributed by atoms with E-state index in [4.69, 9.17) is 16.3 Å². The molecule has 3 heteroatoms. The monoisotopic (exact) mass is 288 g/mol. The van der Waals surface area contributed by atoms with Gasteiger partial charge in [-0.05, 0) is 41.3 Å². The Morgan fingerprint density at radius 1 is 1.10 bits per heavy atom. The van der Waals surface area contributed by atoms with E-state index in [0.717, 1.165) is 6.29 Å². The predicted molar refractivity (Wildman–Crippen MR) is 82.1 cm³/mol. The maximum absolute atomic E-state index is 11.1. The molecule has 0 aliphatic carbocycles.